The molecule has 0 aromatic heterocycles. The van der Waals surface area contributed by atoms with Gasteiger partial charge in [0.25, 0.3) is 0 Å². The highest BCUT2D eigenvalue weighted by atomic mass is 79.9. The first-order valence-electron chi connectivity index (χ1n) is 5.45. The van der Waals surface area contributed by atoms with Gasteiger partial charge in [-0.2, -0.15) is 0 Å². The van der Waals surface area contributed by atoms with Gasteiger partial charge in [0.1, 0.15) is 11.6 Å². The van der Waals surface area contributed by atoms with E-state index in [2.05, 4.69) is 15.9 Å². The Kier molecular flexibility index (Phi) is 3.78. The van der Waals surface area contributed by atoms with E-state index in [1.165, 1.54) is 18.2 Å². The molecular formula is C14H12BrF2N. The monoisotopic (exact) mass is 311 g/mol. The lowest BCUT2D eigenvalue weighted by molar-refractivity contribution is 0.614. The number of hydrogen-bond acceptors (Lipinski definition) is 1. The van der Waals surface area contributed by atoms with Gasteiger partial charge in [-0.15, -0.1) is 0 Å². The highest BCUT2D eigenvalue weighted by Crippen LogP contribution is 2.26. The molecule has 1 unspecified atom stereocenters. The van der Waals surface area contributed by atoms with Crippen LogP contribution in [0.25, 0.3) is 0 Å². The van der Waals surface area contributed by atoms with Crippen LogP contribution in [0.15, 0.2) is 40.9 Å². The fourth-order valence-corrected chi connectivity index (χ4v) is 2.08. The van der Waals surface area contributed by atoms with E-state index in [0.29, 0.717) is 15.6 Å². The Morgan fingerprint density at radius 1 is 1.11 bits per heavy atom. The summed E-state index contributed by atoms with van der Waals surface area (Å²) in [5.74, 6) is -0.722. The zero-order chi connectivity index (χ0) is 13.3. The Morgan fingerprint density at radius 3 is 2.50 bits per heavy atom. The van der Waals surface area contributed by atoms with Crippen LogP contribution in [-0.2, 0) is 0 Å². The smallest absolute Gasteiger partial charge is 0.137 e. The third kappa shape index (κ3) is 2.60. The number of benzene rings is 2. The molecule has 94 valence electrons. The second-order valence-corrected chi connectivity index (χ2v) is 5.01. The molecule has 0 radical (unpaired) electrons. The lowest BCUT2D eigenvalue weighted by Gasteiger charge is -2.15. The molecule has 0 aliphatic carbocycles. The normalized spacial score (nSPS) is 12.5. The predicted molar refractivity (Wildman–Crippen MR) is 71.3 cm³/mol. The van der Waals surface area contributed by atoms with Crippen molar-refractivity contribution in [3.63, 3.8) is 0 Å². The average molecular weight is 312 g/mol. The van der Waals surface area contributed by atoms with Crippen LogP contribution in [0.1, 0.15) is 22.7 Å². The van der Waals surface area contributed by atoms with E-state index in [4.69, 9.17) is 5.73 Å². The van der Waals surface area contributed by atoms with E-state index < -0.39 is 6.04 Å². The number of halogens is 3. The van der Waals surface area contributed by atoms with Gasteiger partial charge < -0.3 is 5.73 Å². The molecule has 0 bridgehead atoms. The summed E-state index contributed by atoms with van der Waals surface area (Å²) in [4.78, 5) is 0. The van der Waals surface area contributed by atoms with Crippen molar-refractivity contribution in [2.75, 3.05) is 0 Å². The zero-order valence-electron chi connectivity index (χ0n) is 9.75. The maximum atomic E-state index is 13.5. The molecule has 4 heteroatoms. The van der Waals surface area contributed by atoms with Gasteiger partial charge in [0.15, 0.2) is 0 Å². The highest BCUT2D eigenvalue weighted by molar-refractivity contribution is 9.10. The fourth-order valence-electron chi connectivity index (χ4n) is 1.83. The Bertz CT molecular complexity index is 584. The van der Waals surface area contributed by atoms with E-state index in [0.717, 1.165) is 5.56 Å². The number of hydrogen-bond donors (Lipinski definition) is 1. The topological polar surface area (TPSA) is 26.0 Å². The number of nitrogens with two attached hydrogens (primary N) is 1. The van der Waals surface area contributed by atoms with Gasteiger partial charge in [0.2, 0.25) is 0 Å². The molecule has 2 aromatic rings. The average Bonchev–Trinajstić information content (AvgIpc) is 2.35. The van der Waals surface area contributed by atoms with Gasteiger partial charge in [-0.05, 0) is 63.8 Å². The molecule has 0 amide bonds. The van der Waals surface area contributed by atoms with Crippen LogP contribution in [0.5, 0.6) is 0 Å². The van der Waals surface area contributed by atoms with Crippen molar-refractivity contribution < 1.29 is 8.78 Å². The van der Waals surface area contributed by atoms with E-state index in [9.17, 15) is 8.78 Å². The van der Waals surface area contributed by atoms with Crippen LogP contribution >= 0.6 is 15.9 Å². The van der Waals surface area contributed by atoms with Crippen molar-refractivity contribution >= 4 is 15.9 Å². The Labute approximate surface area is 113 Å². The second kappa shape index (κ2) is 5.16. The molecule has 2 N–H and O–H groups in total. The summed E-state index contributed by atoms with van der Waals surface area (Å²) in [6.45, 7) is 1.85. The zero-order valence-corrected chi connectivity index (χ0v) is 11.3. The molecule has 0 heterocycles. The molecule has 18 heavy (non-hydrogen) atoms. The minimum absolute atomic E-state index is 0.344. The SMILES string of the molecule is Cc1ccc(F)cc1C(N)c1ccc(Br)c(F)c1. The molecule has 0 aliphatic heterocycles. The minimum atomic E-state index is -0.539. The molecule has 2 rings (SSSR count). The maximum absolute atomic E-state index is 13.5. The summed E-state index contributed by atoms with van der Waals surface area (Å²) < 4.78 is 27.1. The van der Waals surface area contributed by atoms with Crippen LogP contribution < -0.4 is 5.73 Å². The molecular weight excluding hydrogens is 300 g/mol. The number of aryl methyl sites for hydroxylation is 1. The maximum Gasteiger partial charge on any atom is 0.137 e. The summed E-state index contributed by atoms with van der Waals surface area (Å²) in [5, 5.41) is 0. The quantitative estimate of drug-likeness (QED) is 0.888. The molecule has 0 aliphatic rings. The van der Waals surface area contributed by atoms with Crippen LogP contribution in [0.4, 0.5) is 8.78 Å². The lowest BCUT2D eigenvalue weighted by atomic mass is 9.96. The first kappa shape index (κ1) is 13.2. The van der Waals surface area contributed by atoms with E-state index in [-0.39, 0.29) is 11.6 Å². The van der Waals surface area contributed by atoms with Crippen molar-refractivity contribution in [1.82, 2.24) is 0 Å². The summed E-state index contributed by atoms with van der Waals surface area (Å²) in [7, 11) is 0. The third-order valence-electron chi connectivity index (χ3n) is 2.88. The van der Waals surface area contributed by atoms with Crippen molar-refractivity contribution in [1.29, 1.82) is 0 Å². The molecule has 0 saturated heterocycles. The Balaban J connectivity index is 2.44. The van der Waals surface area contributed by atoms with Crippen molar-refractivity contribution in [3.8, 4) is 0 Å². The Morgan fingerprint density at radius 2 is 1.83 bits per heavy atom. The Hall–Kier alpha value is -1.26. The molecule has 1 nitrogen and oxygen atoms in total. The van der Waals surface area contributed by atoms with Gasteiger partial charge >= 0.3 is 0 Å². The van der Waals surface area contributed by atoms with Crippen LogP contribution in [0, 0.1) is 18.6 Å². The van der Waals surface area contributed by atoms with Crippen LogP contribution in [-0.4, -0.2) is 0 Å². The van der Waals surface area contributed by atoms with Crippen molar-refractivity contribution in [2.24, 2.45) is 5.73 Å². The fraction of sp³-hybridized carbons (Fsp3) is 0.143. The molecule has 0 fully saturated rings. The first-order valence-corrected chi connectivity index (χ1v) is 6.25. The van der Waals surface area contributed by atoms with Crippen molar-refractivity contribution in [3.05, 3.63) is 69.2 Å². The first-order chi connectivity index (χ1) is 8.49. The largest absolute Gasteiger partial charge is 0.320 e. The van der Waals surface area contributed by atoms with Crippen LogP contribution in [0.3, 0.4) is 0 Å². The van der Waals surface area contributed by atoms with Gasteiger partial charge in [-0.1, -0.05) is 12.1 Å². The molecule has 2 aromatic carbocycles. The summed E-state index contributed by atoms with van der Waals surface area (Å²) in [6.07, 6.45) is 0. The summed E-state index contributed by atoms with van der Waals surface area (Å²) >= 11 is 3.08. The minimum Gasteiger partial charge on any atom is -0.320 e. The highest BCUT2D eigenvalue weighted by Gasteiger charge is 2.14. The number of rotatable bonds is 2. The molecule has 1 atom stereocenters. The van der Waals surface area contributed by atoms with Gasteiger partial charge in [-0.25, -0.2) is 8.78 Å². The van der Waals surface area contributed by atoms with Gasteiger partial charge in [-0.3, -0.25) is 0 Å². The lowest BCUT2D eigenvalue weighted by Crippen LogP contribution is -2.13. The van der Waals surface area contributed by atoms with Gasteiger partial charge in [0, 0.05) is 0 Å². The summed E-state index contributed by atoms with van der Waals surface area (Å²) in [5.41, 5.74) is 8.22. The molecule has 0 saturated carbocycles. The third-order valence-corrected chi connectivity index (χ3v) is 3.52. The predicted octanol–water partition coefficient (Wildman–Crippen LogP) is 4.08. The standard InChI is InChI=1S/C14H12BrF2N/c1-8-2-4-10(16)7-11(8)14(18)9-3-5-12(15)13(17)6-9/h2-7,14H,18H2,1H3. The van der Waals surface area contributed by atoms with Gasteiger partial charge in [0.05, 0.1) is 10.5 Å². The van der Waals surface area contributed by atoms with E-state index in [1.807, 2.05) is 6.92 Å². The van der Waals surface area contributed by atoms with E-state index in [1.54, 1.807) is 18.2 Å². The second-order valence-electron chi connectivity index (χ2n) is 4.15. The molecule has 0 spiro atoms. The summed E-state index contributed by atoms with van der Waals surface area (Å²) in [6, 6.07) is 8.58. The van der Waals surface area contributed by atoms with Crippen molar-refractivity contribution in [2.45, 2.75) is 13.0 Å². The van der Waals surface area contributed by atoms with Crippen LogP contribution in [0.2, 0.25) is 0 Å². The van der Waals surface area contributed by atoms with E-state index >= 15 is 0 Å².